The summed E-state index contributed by atoms with van der Waals surface area (Å²) in [6.07, 6.45) is 11.3. The van der Waals surface area contributed by atoms with Crippen LogP contribution in [0.25, 0.3) is 77.2 Å². The van der Waals surface area contributed by atoms with Crippen LogP contribution in [0, 0.1) is 52.4 Å². The molecule has 0 aliphatic carbocycles. The Hall–Kier alpha value is -11.6. The summed E-state index contributed by atoms with van der Waals surface area (Å²) in [4.78, 5) is 98.2. The number of ether oxygens (including phenoxy) is 1. The van der Waals surface area contributed by atoms with Gasteiger partial charge in [0.1, 0.15) is 83.3 Å². The Morgan fingerprint density at radius 2 is 0.692 bits per heavy atom. The molecule has 8 heterocycles. The number of aldehydes is 1. The Morgan fingerprint density at radius 1 is 0.402 bits per heavy atom. The highest BCUT2D eigenvalue weighted by Gasteiger charge is 2.12. The number of nitrogens with one attached hydrogen (secondary N) is 1. The third-order valence-corrected chi connectivity index (χ3v) is 14.7. The Bertz CT molecular complexity index is 5720. The van der Waals surface area contributed by atoms with Crippen molar-refractivity contribution in [1.82, 2.24) is 69.8 Å². The second kappa shape index (κ2) is 45.7. The van der Waals surface area contributed by atoms with E-state index in [1.807, 2.05) is 0 Å². The SMILES string of the molecule is CCOC(=O)C=O.Fc1ccc2nc(Cl)cnc2c1.Fc1ccc2nc(Cl)cnc2c1.Fc1ccc2nc(Cl)cnc2c1.Fc1ccc2ncc(Cl)nc2c1.Fc1ccc2ncc(Cl)nc2c1.Fc1ccc2ncc(Cl)nc2c1.Nc1ccc(F)cc1N.O=C1C=Nc2ccc(F)cc2C1.O=P(Cl)(Cl)Cl.O=c1cnc2cc(F)ccc2[nH]1. The van der Waals surface area contributed by atoms with Gasteiger partial charge in [0, 0.05) is 48.9 Å². The molecule has 9 aromatic carbocycles. The predicted octanol–water partition coefficient (Wildman–Crippen LogP) is 20.8. The van der Waals surface area contributed by atoms with Gasteiger partial charge in [-0.1, -0.05) is 69.6 Å². The zero-order valence-corrected chi connectivity index (χ0v) is 66.5. The molecule has 7 aromatic heterocycles. The van der Waals surface area contributed by atoms with Gasteiger partial charge in [-0.2, -0.15) is 0 Å². The zero-order chi connectivity index (χ0) is 85.5. The number of ketones is 1. The number of aliphatic imine (C=N–C) groups is 1. The van der Waals surface area contributed by atoms with Gasteiger partial charge in [-0.15, -0.1) is 0 Å². The molecule has 0 unspecified atom stereocenters. The second-order valence-corrected chi connectivity index (χ2v) is 31.0. The first-order valence-electron chi connectivity index (χ1n) is 32.1. The number of esters is 1. The topological polar surface area (TPSA) is 342 Å². The molecule has 0 bridgehead atoms. The van der Waals surface area contributed by atoms with Gasteiger partial charge in [0.2, 0.25) is 6.29 Å². The van der Waals surface area contributed by atoms with Crippen molar-refractivity contribution in [2.24, 2.45) is 4.99 Å². The predicted molar refractivity (Wildman–Crippen MR) is 436 cm³/mol. The van der Waals surface area contributed by atoms with E-state index in [4.69, 9.17) is 81.1 Å². The molecule has 117 heavy (non-hydrogen) atoms. The summed E-state index contributed by atoms with van der Waals surface area (Å²) in [6.45, 7) is 1.90. The smallest absolute Gasteiger partial charge is 0.371 e. The minimum atomic E-state index is -3.22. The van der Waals surface area contributed by atoms with Crippen molar-refractivity contribution in [1.29, 1.82) is 0 Å². The molecule has 0 saturated carbocycles. The van der Waals surface area contributed by atoms with E-state index in [0.717, 1.165) is 6.20 Å². The number of nitrogens with two attached hydrogens (primary N) is 2. The van der Waals surface area contributed by atoms with E-state index in [1.165, 1.54) is 165 Å². The fourth-order valence-corrected chi connectivity index (χ4v) is 9.54. The maximum Gasteiger partial charge on any atom is 0.371 e. The number of fused-ring (bicyclic) bond motifs is 8. The van der Waals surface area contributed by atoms with E-state index in [-0.39, 0.29) is 104 Å². The molecule has 16 aromatic rings. The third kappa shape index (κ3) is 32.9. The minimum Gasteiger partial charge on any atom is -0.460 e. The minimum absolute atomic E-state index is 0.0758. The van der Waals surface area contributed by atoms with Crippen LogP contribution < -0.4 is 17.0 Å². The number of benzene rings is 9. The highest BCUT2D eigenvalue weighted by atomic mass is 36.0. The van der Waals surface area contributed by atoms with Crippen molar-refractivity contribution in [3.63, 3.8) is 0 Å². The lowest BCUT2D eigenvalue weighted by molar-refractivity contribution is -0.148. The number of rotatable bonds is 2. The van der Waals surface area contributed by atoms with Crippen LogP contribution in [0.2, 0.25) is 30.9 Å². The lowest BCUT2D eigenvalue weighted by atomic mass is 10.0. The fraction of sp³-hybridized carbons (Fsp3) is 0.0400. The van der Waals surface area contributed by atoms with Gasteiger partial charge in [-0.3, -0.25) is 53.8 Å². The first kappa shape index (κ1) is 92.6. The van der Waals surface area contributed by atoms with E-state index < -0.39 is 11.2 Å². The molecule has 5 N–H and O–H groups in total. The van der Waals surface area contributed by atoms with E-state index >= 15 is 0 Å². The van der Waals surface area contributed by atoms with Crippen molar-refractivity contribution in [2.45, 2.75) is 13.3 Å². The first-order chi connectivity index (χ1) is 55.5. The number of nitrogen functional groups attached to an aromatic ring is 2. The summed E-state index contributed by atoms with van der Waals surface area (Å²) in [5.41, 5.74) is 20.0. The molecule has 0 amide bonds. The normalized spacial score (nSPS) is 10.7. The molecule has 0 spiro atoms. The number of halogens is 18. The number of aromatic nitrogens is 14. The monoisotopic (exact) mass is 1800 g/mol. The molecule has 0 saturated heterocycles. The molecule has 600 valence electrons. The van der Waals surface area contributed by atoms with Crippen molar-refractivity contribution in [3.05, 3.63) is 306 Å². The highest BCUT2D eigenvalue weighted by Crippen LogP contribution is 2.61. The lowest BCUT2D eigenvalue weighted by Gasteiger charge is -2.07. The average molecular weight is 1800 g/mol. The van der Waals surface area contributed by atoms with Crippen LogP contribution in [-0.4, -0.2) is 101 Å². The van der Waals surface area contributed by atoms with Gasteiger partial charge in [0.25, 0.3) is 5.56 Å². The van der Waals surface area contributed by atoms with Gasteiger partial charge in [0.15, 0.2) is 5.78 Å². The number of carbonyl (C=O) groups is 3. The van der Waals surface area contributed by atoms with Crippen molar-refractivity contribution in [2.75, 3.05) is 18.1 Å². The van der Waals surface area contributed by atoms with Crippen LogP contribution in [0.3, 0.4) is 0 Å². The number of Topliss-reactive ketones (excluding diaryl/α,β-unsaturated/α-hetero) is 1. The third-order valence-electron chi connectivity index (χ3n) is 13.6. The number of hydrogen-bond donors (Lipinski definition) is 3. The molecule has 0 radical (unpaired) electrons. The molecule has 1 aliphatic heterocycles. The fourth-order valence-electron chi connectivity index (χ4n) is 8.70. The number of aromatic amines is 1. The summed E-state index contributed by atoms with van der Waals surface area (Å²) in [5.74, 6) is -3.88. The summed E-state index contributed by atoms with van der Waals surface area (Å²) < 4.78 is 127. The number of carbonyl (C=O) groups excluding carboxylic acids is 3. The van der Waals surface area contributed by atoms with E-state index in [2.05, 4.69) is 113 Å². The first-order valence-corrected chi connectivity index (χ1v) is 38.8. The standard InChI is InChI=1S/C9H6FNO.6C8H4ClFN2.C8H5FN2O.C6H7FN2.C4H6O3.Cl3OP/c10-7-1-2-9-6(3-7)4-8(12)5-11-9;3*9-8-4-11-7-3-5(10)1-2-6(7)12-8;3*9-8-4-11-6-2-1-5(10)3-7(6)12-8;9-5-1-2-6-7(3-5)10-4-8(12)11-6;7-4-1-2-5(8)6(9)3-4;1-2-7-4(6)3-5;1-5(2,3)4/h1-3,5H,4H2;6*1-4H;1-4H,(H,11,12);1-3H,8-9H2;3H,2H2,1H3;. The van der Waals surface area contributed by atoms with Crippen molar-refractivity contribution < 1.29 is 63.2 Å². The number of H-pyrrole nitrogens is 1. The Labute approximate surface area is 698 Å². The molecule has 1 aliphatic rings. The molecule has 0 atom stereocenters. The van der Waals surface area contributed by atoms with Gasteiger partial charge >= 0.3 is 11.2 Å². The van der Waals surface area contributed by atoms with Gasteiger partial charge < -0.3 is 21.2 Å². The molecule has 23 nitrogen and oxygen atoms in total. The number of anilines is 2. The van der Waals surface area contributed by atoms with Crippen molar-refractivity contribution in [3.8, 4) is 0 Å². The quantitative estimate of drug-likeness (QED) is 0.0361. The average Bonchev–Trinajstić information content (AvgIpc) is 0.855. The van der Waals surface area contributed by atoms with Gasteiger partial charge in [-0.05, 0) is 168 Å². The molecule has 0 fully saturated rings. The van der Waals surface area contributed by atoms with Crippen LogP contribution >= 0.6 is 109 Å². The van der Waals surface area contributed by atoms with Crippen LogP contribution in [0.1, 0.15) is 12.5 Å². The maximum atomic E-state index is 12.7. The zero-order valence-electron chi connectivity index (χ0n) is 58.8. The number of nitrogens with zero attached hydrogens (tertiary/aromatic N) is 14. The summed E-state index contributed by atoms with van der Waals surface area (Å²) in [7, 11) is 0. The van der Waals surface area contributed by atoms with Gasteiger partial charge in [0.05, 0.1) is 150 Å². The second-order valence-electron chi connectivity index (χ2n) is 22.1. The van der Waals surface area contributed by atoms with Crippen LogP contribution in [-0.2, 0) is 30.1 Å². The van der Waals surface area contributed by atoms with Crippen LogP contribution in [0.4, 0.5) is 56.6 Å². The van der Waals surface area contributed by atoms with E-state index in [0.29, 0.717) is 110 Å². The van der Waals surface area contributed by atoms with Gasteiger partial charge in [-0.25, -0.2) is 79.2 Å². The molecule has 17 rings (SSSR count). The largest absolute Gasteiger partial charge is 0.460 e. The molecule has 42 heteroatoms. The lowest BCUT2D eigenvalue weighted by Crippen LogP contribution is -2.08. The van der Waals surface area contributed by atoms with E-state index in [1.54, 1.807) is 49.4 Å². The summed E-state index contributed by atoms with van der Waals surface area (Å²) in [5, 5.41) is -1.47. The van der Waals surface area contributed by atoms with Crippen LogP contribution in [0.5, 0.6) is 0 Å². The molecular formula is C75H48Cl9F9N17O6P. The summed E-state index contributed by atoms with van der Waals surface area (Å²) in [6, 6.07) is 37.4. The Kier molecular flexibility index (Phi) is 36.2. The van der Waals surface area contributed by atoms with E-state index in [9.17, 15) is 63.3 Å². The van der Waals surface area contributed by atoms with Crippen LogP contribution in [0.15, 0.2) is 217 Å². The Morgan fingerprint density at radius 3 is 1.03 bits per heavy atom. The number of hydrogen-bond acceptors (Lipinski definition) is 22. The Balaban J connectivity index is 0.000000179. The summed E-state index contributed by atoms with van der Waals surface area (Å²) >= 11 is 47.3. The molecular weight excluding hydrogens is 1760 g/mol. The van der Waals surface area contributed by atoms with Crippen molar-refractivity contribution >= 4 is 227 Å². The highest BCUT2D eigenvalue weighted by molar-refractivity contribution is 8.24. The maximum absolute atomic E-state index is 12.7.